The standard InChI is InChI=1S/2C5H9NO2.C3H4O2.C3H8/c2*1-4(5(7)8)6-2-3-6;1-2-3(4)5;1-3-2/h2*4H,2-3H2,1H3,(H,7,8);2H,1H2,(H,4,5);3H2,1-2H3. The zero-order valence-corrected chi connectivity index (χ0v) is 14.9. The van der Waals surface area contributed by atoms with E-state index < -0.39 is 17.9 Å². The van der Waals surface area contributed by atoms with Crippen LogP contribution < -0.4 is 0 Å². The van der Waals surface area contributed by atoms with E-state index in [4.69, 9.17) is 15.3 Å². The summed E-state index contributed by atoms with van der Waals surface area (Å²) in [5.74, 6) is -2.42. The Kier molecular flexibility index (Phi) is 13.7. The van der Waals surface area contributed by atoms with E-state index in [1.165, 1.54) is 6.42 Å². The van der Waals surface area contributed by atoms with E-state index in [-0.39, 0.29) is 12.1 Å². The molecule has 0 aromatic rings. The van der Waals surface area contributed by atoms with Crippen LogP contribution in [-0.4, -0.2) is 81.3 Å². The lowest BCUT2D eigenvalue weighted by Crippen LogP contribution is -2.24. The van der Waals surface area contributed by atoms with Crippen molar-refractivity contribution in [3.05, 3.63) is 12.7 Å². The fraction of sp³-hybridized carbons (Fsp3) is 0.688. The molecule has 24 heavy (non-hydrogen) atoms. The molecule has 0 aromatic heterocycles. The van der Waals surface area contributed by atoms with Crippen LogP contribution in [0.25, 0.3) is 0 Å². The molecule has 8 heteroatoms. The average Bonchev–Trinajstić information content (AvgIpc) is 3.40. The number of nitrogens with zero attached hydrogens (tertiary/aromatic N) is 2. The fourth-order valence-corrected chi connectivity index (χ4v) is 1.20. The summed E-state index contributed by atoms with van der Waals surface area (Å²) in [6.45, 7) is 14.4. The maximum absolute atomic E-state index is 10.1. The summed E-state index contributed by atoms with van der Waals surface area (Å²) in [4.78, 5) is 33.3. The minimum absolute atomic E-state index is 0.269. The molecule has 2 rings (SSSR count). The van der Waals surface area contributed by atoms with Crippen molar-refractivity contribution in [3.8, 4) is 0 Å². The zero-order chi connectivity index (χ0) is 19.3. The molecule has 0 radical (unpaired) electrons. The number of rotatable bonds is 5. The topological polar surface area (TPSA) is 118 Å². The molecule has 0 aromatic carbocycles. The minimum Gasteiger partial charge on any atom is -0.480 e. The van der Waals surface area contributed by atoms with E-state index >= 15 is 0 Å². The van der Waals surface area contributed by atoms with Crippen molar-refractivity contribution in [2.45, 2.75) is 46.2 Å². The lowest BCUT2D eigenvalue weighted by atomic mass is 10.3. The van der Waals surface area contributed by atoms with Crippen molar-refractivity contribution in [1.82, 2.24) is 9.80 Å². The molecule has 0 saturated carbocycles. The van der Waals surface area contributed by atoms with Gasteiger partial charge in [-0.1, -0.05) is 26.8 Å². The molecule has 2 saturated heterocycles. The Hall–Kier alpha value is -1.93. The Balaban J connectivity index is 0. The van der Waals surface area contributed by atoms with Crippen LogP contribution in [0, 0.1) is 0 Å². The molecule has 2 heterocycles. The fourth-order valence-electron chi connectivity index (χ4n) is 1.20. The largest absolute Gasteiger partial charge is 0.480 e. The molecular formula is C16H30N2O6. The maximum atomic E-state index is 10.1. The molecule has 140 valence electrons. The molecule has 2 aliphatic rings. The van der Waals surface area contributed by atoms with Crippen molar-refractivity contribution in [3.63, 3.8) is 0 Å². The highest BCUT2D eigenvalue weighted by atomic mass is 16.4. The van der Waals surface area contributed by atoms with Crippen LogP contribution in [0.5, 0.6) is 0 Å². The summed E-state index contributed by atoms with van der Waals surface area (Å²) < 4.78 is 0. The summed E-state index contributed by atoms with van der Waals surface area (Å²) in [7, 11) is 0. The SMILES string of the molecule is C=CC(=O)O.CC(C(=O)O)N1CC1.CC(C(=O)O)N1CC1.CCC. The van der Waals surface area contributed by atoms with E-state index in [1.807, 2.05) is 9.80 Å². The van der Waals surface area contributed by atoms with Crippen LogP contribution in [0.15, 0.2) is 12.7 Å². The monoisotopic (exact) mass is 346 g/mol. The van der Waals surface area contributed by atoms with E-state index in [2.05, 4.69) is 20.4 Å². The van der Waals surface area contributed by atoms with Crippen LogP contribution >= 0.6 is 0 Å². The Bertz CT molecular complexity index is 377. The molecule has 2 fully saturated rings. The van der Waals surface area contributed by atoms with Gasteiger partial charge in [-0.15, -0.1) is 0 Å². The van der Waals surface area contributed by atoms with Crippen molar-refractivity contribution in [2.75, 3.05) is 26.2 Å². The first kappa shape index (κ1) is 24.3. The third kappa shape index (κ3) is 15.0. The second-order valence-electron chi connectivity index (χ2n) is 5.35. The Morgan fingerprint density at radius 3 is 1.17 bits per heavy atom. The lowest BCUT2D eigenvalue weighted by Gasteiger charge is -2.03. The number of aliphatic carboxylic acids is 3. The molecule has 0 spiro atoms. The van der Waals surface area contributed by atoms with Crippen molar-refractivity contribution < 1.29 is 29.7 Å². The first-order chi connectivity index (χ1) is 11.1. The molecular weight excluding hydrogens is 316 g/mol. The van der Waals surface area contributed by atoms with Gasteiger partial charge in [0.2, 0.25) is 0 Å². The number of carboxylic acid groups (broad SMARTS) is 3. The summed E-state index contributed by atoms with van der Waals surface area (Å²) in [5.41, 5.74) is 0. The Morgan fingerprint density at radius 1 is 0.917 bits per heavy atom. The van der Waals surface area contributed by atoms with Gasteiger partial charge in [0, 0.05) is 32.3 Å². The van der Waals surface area contributed by atoms with Gasteiger partial charge in [0.25, 0.3) is 0 Å². The molecule has 2 aliphatic heterocycles. The van der Waals surface area contributed by atoms with Gasteiger partial charge < -0.3 is 15.3 Å². The van der Waals surface area contributed by atoms with E-state index in [9.17, 15) is 14.4 Å². The van der Waals surface area contributed by atoms with Crippen molar-refractivity contribution in [2.24, 2.45) is 0 Å². The average molecular weight is 346 g/mol. The molecule has 3 N–H and O–H groups in total. The predicted molar refractivity (Wildman–Crippen MR) is 91.1 cm³/mol. The van der Waals surface area contributed by atoms with Gasteiger partial charge in [-0.3, -0.25) is 19.4 Å². The van der Waals surface area contributed by atoms with Crippen LogP contribution in [0.2, 0.25) is 0 Å². The van der Waals surface area contributed by atoms with E-state index in [0.717, 1.165) is 32.3 Å². The maximum Gasteiger partial charge on any atom is 0.327 e. The quantitative estimate of drug-likeness (QED) is 0.502. The second-order valence-corrected chi connectivity index (χ2v) is 5.35. The lowest BCUT2D eigenvalue weighted by molar-refractivity contribution is -0.141. The van der Waals surface area contributed by atoms with Gasteiger partial charge in [0.15, 0.2) is 0 Å². The van der Waals surface area contributed by atoms with Crippen LogP contribution in [0.4, 0.5) is 0 Å². The molecule has 2 unspecified atom stereocenters. The summed E-state index contributed by atoms with van der Waals surface area (Å²) in [5, 5.41) is 24.3. The number of carboxylic acids is 3. The first-order valence-electron chi connectivity index (χ1n) is 7.91. The normalized spacial score (nSPS) is 17.2. The van der Waals surface area contributed by atoms with Gasteiger partial charge in [-0.05, 0) is 13.8 Å². The predicted octanol–water partition coefficient (Wildman–Crippen LogP) is 1.22. The molecule has 8 nitrogen and oxygen atoms in total. The number of hydrogen-bond donors (Lipinski definition) is 3. The third-order valence-electron chi connectivity index (χ3n) is 2.95. The highest BCUT2D eigenvalue weighted by molar-refractivity contribution is 5.78. The number of hydrogen-bond acceptors (Lipinski definition) is 5. The summed E-state index contributed by atoms with van der Waals surface area (Å²) in [6.07, 6.45) is 2.08. The first-order valence-corrected chi connectivity index (χ1v) is 7.91. The van der Waals surface area contributed by atoms with Crippen molar-refractivity contribution in [1.29, 1.82) is 0 Å². The van der Waals surface area contributed by atoms with E-state index in [0.29, 0.717) is 0 Å². The third-order valence-corrected chi connectivity index (χ3v) is 2.95. The second kappa shape index (κ2) is 13.5. The summed E-state index contributed by atoms with van der Waals surface area (Å²) in [6, 6.07) is -0.537. The van der Waals surface area contributed by atoms with Crippen LogP contribution in [-0.2, 0) is 14.4 Å². The van der Waals surface area contributed by atoms with Gasteiger partial charge in [0.05, 0.1) is 0 Å². The van der Waals surface area contributed by atoms with Gasteiger partial charge >= 0.3 is 17.9 Å². The zero-order valence-electron chi connectivity index (χ0n) is 14.9. The molecule has 2 atom stereocenters. The Labute approximate surface area is 143 Å². The minimum atomic E-state index is -0.981. The highest BCUT2D eigenvalue weighted by Crippen LogP contribution is 2.09. The number of carbonyl (C=O) groups is 3. The Morgan fingerprint density at radius 2 is 1.12 bits per heavy atom. The smallest absolute Gasteiger partial charge is 0.327 e. The molecule has 0 aliphatic carbocycles. The van der Waals surface area contributed by atoms with Crippen molar-refractivity contribution >= 4 is 17.9 Å². The van der Waals surface area contributed by atoms with Crippen LogP contribution in [0.1, 0.15) is 34.1 Å². The highest BCUT2D eigenvalue weighted by Gasteiger charge is 2.29. The van der Waals surface area contributed by atoms with Gasteiger partial charge in [-0.25, -0.2) is 4.79 Å². The van der Waals surface area contributed by atoms with E-state index in [1.54, 1.807) is 13.8 Å². The molecule has 0 bridgehead atoms. The van der Waals surface area contributed by atoms with Crippen LogP contribution in [0.3, 0.4) is 0 Å². The van der Waals surface area contributed by atoms with Gasteiger partial charge in [-0.2, -0.15) is 0 Å². The molecule has 0 amide bonds. The summed E-state index contributed by atoms with van der Waals surface area (Å²) >= 11 is 0. The van der Waals surface area contributed by atoms with Gasteiger partial charge in [0.1, 0.15) is 12.1 Å².